The Kier molecular flexibility index (Phi) is 3.24. The second-order valence-electron chi connectivity index (χ2n) is 4.81. The number of urea groups is 1. The van der Waals surface area contributed by atoms with Gasteiger partial charge in [0.15, 0.2) is 0 Å². The van der Waals surface area contributed by atoms with Crippen LogP contribution in [0, 0.1) is 0 Å². The van der Waals surface area contributed by atoms with Crippen LogP contribution in [0.25, 0.3) is 0 Å². The predicted octanol–water partition coefficient (Wildman–Crippen LogP) is -0.644. The van der Waals surface area contributed by atoms with Crippen LogP contribution in [-0.2, 0) is 16.1 Å². The topological polar surface area (TPSA) is 107 Å². The second-order valence-corrected chi connectivity index (χ2v) is 4.81. The zero-order chi connectivity index (χ0) is 14.0. The first-order chi connectivity index (χ1) is 8.90. The first-order valence-electron chi connectivity index (χ1n) is 5.79. The summed E-state index contributed by atoms with van der Waals surface area (Å²) in [4.78, 5) is 36.0. The Morgan fingerprint density at radius 3 is 2.74 bits per heavy atom. The van der Waals surface area contributed by atoms with Crippen LogP contribution in [-0.4, -0.2) is 45.0 Å². The van der Waals surface area contributed by atoms with E-state index in [1.807, 2.05) is 0 Å². The van der Waals surface area contributed by atoms with Crippen LogP contribution in [0.1, 0.15) is 19.5 Å². The molecule has 1 aliphatic heterocycles. The van der Waals surface area contributed by atoms with E-state index >= 15 is 0 Å². The van der Waals surface area contributed by atoms with E-state index in [9.17, 15) is 14.4 Å². The molecule has 0 unspecified atom stereocenters. The molecule has 8 nitrogen and oxygen atoms in total. The number of H-pyrrole nitrogens is 1. The van der Waals surface area contributed by atoms with Gasteiger partial charge in [-0.25, -0.2) is 4.79 Å². The summed E-state index contributed by atoms with van der Waals surface area (Å²) in [6.45, 7) is 3.17. The van der Waals surface area contributed by atoms with E-state index in [4.69, 9.17) is 0 Å². The lowest BCUT2D eigenvalue weighted by atomic mass is 10.1. The van der Waals surface area contributed by atoms with Crippen LogP contribution in [0.4, 0.5) is 4.79 Å². The van der Waals surface area contributed by atoms with E-state index in [1.165, 1.54) is 0 Å². The van der Waals surface area contributed by atoms with Gasteiger partial charge in [-0.15, -0.1) is 0 Å². The summed E-state index contributed by atoms with van der Waals surface area (Å²) >= 11 is 0. The van der Waals surface area contributed by atoms with Crippen molar-refractivity contribution >= 4 is 17.8 Å². The van der Waals surface area contributed by atoms with Gasteiger partial charge in [0, 0.05) is 6.20 Å². The van der Waals surface area contributed by atoms with Crippen LogP contribution in [0.5, 0.6) is 0 Å². The fraction of sp³-hybridized carbons (Fsp3) is 0.455. The van der Waals surface area contributed by atoms with Gasteiger partial charge in [-0.2, -0.15) is 5.10 Å². The molecule has 4 amide bonds. The van der Waals surface area contributed by atoms with E-state index < -0.39 is 23.4 Å². The minimum absolute atomic E-state index is 0.270. The smallest absolute Gasteiger partial charge is 0.325 e. The zero-order valence-corrected chi connectivity index (χ0v) is 10.7. The number of rotatable bonds is 4. The number of aromatic amines is 1. The van der Waals surface area contributed by atoms with Crippen LogP contribution >= 0.6 is 0 Å². The van der Waals surface area contributed by atoms with Crippen LogP contribution in [0.3, 0.4) is 0 Å². The van der Waals surface area contributed by atoms with E-state index in [2.05, 4.69) is 20.8 Å². The average Bonchev–Trinajstić information content (AvgIpc) is 2.90. The highest BCUT2D eigenvalue weighted by molar-refractivity contribution is 6.08. The Bertz CT molecular complexity index is 508. The summed E-state index contributed by atoms with van der Waals surface area (Å²) in [6, 6.07) is 1.17. The summed E-state index contributed by atoms with van der Waals surface area (Å²) in [6.07, 6.45) is 1.57. The minimum atomic E-state index is -0.958. The Labute approximate surface area is 109 Å². The van der Waals surface area contributed by atoms with E-state index in [1.54, 1.807) is 26.1 Å². The van der Waals surface area contributed by atoms with Gasteiger partial charge in [0.1, 0.15) is 12.1 Å². The highest BCUT2D eigenvalue weighted by Gasteiger charge is 2.44. The third kappa shape index (κ3) is 2.72. The molecule has 3 N–H and O–H groups in total. The third-order valence-electron chi connectivity index (χ3n) is 2.78. The van der Waals surface area contributed by atoms with Gasteiger partial charge in [-0.05, 0) is 19.9 Å². The van der Waals surface area contributed by atoms with E-state index in [0.29, 0.717) is 0 Å². The van der Waals surface area contributed by atoms with Crippen molar-refractivity contribution in [2.45, 2.75) is 25.9 Å². The molecule has 0 bridgehead atoms. The number of hydrogen-bond acceptors (Lipinski definition) is 4. The molecule has 1 saturated heterocycles. The van der Waals surface area contributed by atoms with Gasteiger partial charge in [-0.3, -0.25) is 19.6 Å². The number of aromatic nitrogens is 2. The number of carbonyl (C=O) groups excluding carboxylic acids is 3. The zero-order valence-electron chi connectivity index (χ0n) is 10.7. The van der Waals surface area contributed by atoms with Gasteiger partial charge in [-0.1, -0.05) is 0 Å². The maximum absolute atomic E-state index is 11.9. The summed E-state index contributed by atoms with van der Waals surface area (Å²) < 4.78 is 0. The number of carbonyl (C=O) groups is 3. The lowest BCUT2D eigenvalue weighted by Crippen LogP contribution is -2.43. The van der Waals surface area contributed by atoms with Crippen LogP contribution in [0.15, 0.2) is 12.3 Å². The maximum atomic E-state index is 11.9. The van der Waals surface area contributed by atoms with Crippen molar-refractivity contribution in [3.8, 4) is 0 Å². The van der Waals surface area contributed by atoms with Crippen molar-refractivity contribution in [1.82, 2.24) is 25.7 Å². The van der Waals surface area contributed by atoms with Gasteiger partial charge in [0.25, 0.3) is 5.91 Å². The molecule has 0 atom stereocenters. The average molecular weight is 265 g/mol. The largest absolute Gasteiger partial charge is 0.349 e. The molecule has 1 aromatic heterocycles. The monoisotopic (exact) mass is 265 g/mol. The molecule has 8 heteroatoms. The Balaban J connectivity index is 1.89. The second kappa shape index (κ2) is 4.71. The fourth-order valence-electron chi connectivity index (χ4n) is 1.74. The molecule has 102 valence electrons. The Hall–Kier alpha value is -2.38. The molecule has 0 saturated carbocycles. The van der Waals surface area contributed by atoms with Crippen molar-refractivity contribution < 1.29 is 14.4 Å². The molecule has 2 rings (SSSR count). The lowest BCUT2D eigenvalue weighted by Gasteiger charge is -2.15. The number of hydrogen-bond donors (Lipinski definition) is 3. The van der Waals surface area contributed by atoms with Crippen molar-refractivity contribution in [2.75, 3.05) is 6.54 Å². The maximum Gasteiger partial charge on any atom is 0.325 e. The molecule has 0 spiro atoms. The van der Waals surface area contributed by atoms with Crippen molar-refractivity contribution in [3.63, 3.8) is 0 Å². The molecule has 1 aromatic rings. The first kappa shape index (κ1) is 13.1. The summed E-state index contributed by atoms with van der Waals surface area (Å²) in [5.41, 5.74) is -0.216. The van der Waals surface area contributed by atoms with Gasteiger partial charge in [0.2, 0.25) is 5.91 Å². The fourth-order valence-corrected chi connectivity index (χ4v) is 1.74. The molecular formula is C11H15N5O3. The number of nitrogens with one attached hydrogen (secondary N) is 3. The third-order valence-corrected chi connectivity index (χ3v) is 2.78. The van der Waals surface area contributed by atoms with E-state index in [-0.39, 0.29) is 13.1 Å². The van der Waals surface area contributed by atoms with Crippen molar-refractivity contribution in [1.29, 1.82) is 0 Å². The normalized spacial score (nSPS) is 17.5. The quantitative estimate of drug-likeness (QED) is 0.629. The Morgan fingerprint density at radius 1 is 1.47 bits per heavy atom. The number of nitrogens with zero attached hydrogens (tertiary/aromatic N) is 2. The summed E-state index contributed by atoms with van der Waals surface area (Å²) in [7, 11) is 0. The van der Waals surface area contributed by atoms with Gasteiger partial charge in [0.05, 0.1) is 12.2 Å². The van der Waals surface area contributed by atoms with Gasteiger partial charge < -0.3 is 10.6 Å². The van der Waals surface area contributed by atoms with Crippen LogP contribution < -0.4 is 10.6 Å². The van der Waals surface area contributed by atoms with Crippen molar-refractivity contribution in [3.05, 3.63) is 18.0 Å². The first-order valence-corrected chi connectivity index (χ1v) is 5.79. The van der Waals surface area contributed by atoms with Gasteiger partial charge >= 0.3 is 6.03 Å². The molecule has 0 aromatic carbocycles. The number of imide groups is 1. The molecule has 2 heterocycles. The minimum Gasteiger partial charge on any atom is -0.349 e. The highest BCUT2D eigenvalue weighted by atomic mass is 16.2. The Morgan fingerprint density at radius 2 is 2.21 bits per heavy atom. The molecular weight excluding hydrogens is 250 g/mol. The molecule has 1 aliphatic rings. The number of amides is 4. The molecule has 1 fully saturated rings. The summed E-state index contributed by atoms with van der Waals surface area (Å²) in [5.74, 6) is -0.815. The van der Waals surface area contributed by atoms with E-state index in [0.717, 1.165) is 10.6 Å². The highest BCUT2D eigenvalue weighted by Crippen LogP contribution is 2.15. The molecule has 0 aliphatic carbocycles. The van der Waals surface area contributed by atoms with Crippen molar-refractivity contribution in [2.24, 2.45) is 0 Å². The standard InChI is InChI=1S/C11H15N5O3/c1-11(2)9(18)16(10(19)14-11)6-8(17)12-5-7-3-4-13-15-7/h3-4H,5-6H2,1-2H3,(H,12,17)(H,13,15)(H,14,19). The predicted molar refractivity (Wildman–Crippen MR) is 64.8 cm³/mol. The summed E-state index contributed by atoms with van der Waals surface area (Å²) in [5, 5.41) is 11.5. The lowest BCUT2D eigenvalue weighted by molar-refractivity contribution is -0.134. The molecule has 19 heavy (non-hydrogen) atoms. The molecule has 0 radical (unpaired) electrons. The SMILES string of the molecule is CC1(C)NC(=O)N(CC(=O)NCc2ccn[nH]2)C1=O. The van der Waals surface area contributed by atoms with Crippen LogP contribution in [0.2, 0.25) is 0 Å².